The first kappa shape index (κ1) is 19.8. The molecule has 0 saturated heterocycles. The van der Waals surface area contributed by atoms with Crippen LogP contribution in [-0.2, 0) is 9.59 Å². The van der Waals surface area contributed by atoms with Gasteiger partial charge in [-0.15, -0.1) is 0 Å². The van der Waals surface area contributed by atoms with Crippen LogP contribution in [-0.4, -0.2) is 75.6 Å². The van der Waals surface area contributed by atoms with Crippen LogP contribution in [0.2, 0.25) is 0 Å². The van der Waals surface area contributed by atoms with Gasteiger partial charge in [0.2, 0.25) is 11.8 Å². The Hall–Kier alpha value is -2.28. The predicted octanol–water partition coefficient (Wildman–Crippen LogP) is 0.600. The minimum absolute atomic E-state index is 0.0378. The molecular formula is C17H27N3O4. The zero-order valence-corrected chi connectivity index (χ0v) is 14.9. The highest BCUT2D eigenvalue weighted by Crippen LogP contribution is 2.17. The van der Waals surface area contributed by atoms with E-state index in [2.05, 4.69) is 5.32 Å². The summed E-state index contributed by atoms with van der Waals surface area (Å²) < 4.78 is 10.9. The molecule has 2 amide bonds. The van der Waals surface area contributed by atoms with E-state index in [1.807, 2.05) is 31.2 Å². The molecule has 24 heavy (non-hydrogen) atoms. The molecule has 0 heterocycles. The number of hydrogen-bond donors (Lipinski definition) is 1. The van der Waals surface area contributed by atoms with Crippen LogP contribution in [0.5, 0.6) is 11.5 Å². The van der Waals surface area contributed by atoms with Gasteiger partial charge in [0, 0.05) is 14.1 Å². The third-order valence-corrected chi connectivity index (χ3v) is 3.15. The average Bonchev–Trinajstić information content (AvgIpc) is 2.53. The number of rotatable bonds is 10. The van der Waals surface area contributed by atoms with E-state index in [0.29, 0.717) is 19.8 Å². The molecule has 0 aliphatic rings. The van der Waals surface area contributed by atoms with Crippen LogP contribution in [0.25, 0.3) is 0 Å². The number of nitrogens with one attached hydrogen (secondary N) is 1. The highest BCUT2D eigenvalue weighted by Gasteiger charge is 2.11. The molecule has 0 radical (unpaired) electrons. The van der Waals surface area contributed by atoms with E-state index in [1.54, 1.807) is 26.0 Å². The number of likely N-dealkylation sites (N-methyl/N-ethyl adjacent to an activating group) is 2. The summed E-state index contributed by atoms with van der Waals surface area (Å²) in [7, 11) is 5.11. The maximum Gasteiger partial charge on any atom is 0.236 e. The Morgan fingerprint density at radius 2 is 1.58 bits per heavy atom. The van der Waals surface area contributed by atoms with Crippen molar-refractivity contribution in [3.8, 4) is 11.5 Å². The van der Waals surface area contributed by atoms with E-state index in [0.717, 1.165) is 11.5 Å². The van der Waals surface area contributed by atoms with Gasteiger partial charge in [-0.2, -0.15) is 0 Å². The van der Waals surface area contributed by atoms with Crippen LogP contribution in [0.4, 0.5) is 0 Å². The molecule has 0 fully saturated rings. The summed E-state index contributed by atoms with van der Waals surface area (Å²) in [5.74, 6) is 1.35. The molecule has 0 bridgehead atoms. The molecule has 1 rings (SSSR count). The molecule has 7 nitrogen and oxygen atoms in total. The standard InChI is InChI=1S/C17H27N3O4/c1-5-23-14-6-8-15(9-7-14)24-11-10-18-16(21)12-20(4)13-17(22)19(2)3/h6-9H,5,10-13H2,1-4H3,(H,18,21). The average molecular weight is 337 g/mol. The van der Waals surface area contributed by atoms with Crippen molar-refractivity contribution in [2.75, 3.05) is 54.0 Å². The van der Waals surface area contributed by atoms with Crippen molar-refractivity contribution in [3.63, 3.8) is 0 Å². The highest BCUT2D eigenvalue weighted by molar-refractivity contribution is 5.80. The SMILES string of the molecule is CCOc1ccc(OCCNC(=O)CN(C)CC(=O)N(C)C)cc1. The third-order valence-electron chi connectivity index (χ3n) is 3.15. The van der Waals surface area contributed by atoms with E-state index >= 15 is 0 Å². The van der Waals surface area contributed by atoms with Crippen LogP contribution in [0, 0.1) is 0 Å². The molecule has 0 aliphatic heterocycles. The van der Waals surface area contributed by atoms with Gasteiger partial charge in [0.1, 0.15) is 18.1 Å². The summed E-state index contributed by atoms with van der Waals surface area (Å²) in [5, 5.41) is 2.76. The maximum absolute atomic E-state index is 11.8. The Morgan fingerprint density at radius 3 is 2.12 bits per heavy atom. The molecule has 0 saturated carbocycles. The molecule has 0 atom stereocenters. The lowest BCUT2D eigenvalue weighted by Gasteiger charge is -2.18. The summed E-state index contributed by atoms with van der Waals surface area (Å²) >= 11 is 0. The zero-order chi connectivity index (χ0) is 17.9. The van der Waals surface area contributed by atoms with Crippen LogP contribution in [0.15, 0.2) is 24.3 Å². The maximum atomic E-state index is 11.8. The van der Waals surface area contributed by atoms with Gasteiger partial charge in [0.15, 0.2) is 0 Å². The molecule has 1 aromatic carbocycles. The monoisotopic (exact) mass is 337 g/mol. The number of amides is 2. The lowest BCUT2D eigenvalue weighted by Crippen LogP contribution is -2.41. The van der Waals surface area contributed by atoms with Gasteiger partial charge in [-0.3, -0.25) is 14.5 Å². The normalized spacial score (nSPS) is 10.4. The van der Waals surface area contributed by atoms with E-state index in [1.165, 1.54) is 4.90 Å². The number of ether oxygens (including phenoxy) is 2. The predicted molar refractivity (Wildman–Crippen MR) is 92.3 cm³/mol. The van der Waals surface area contributed by atoms with Gasteiger partial charge in [-0.1, -0.05) is 0 Å². The molecule has 1 N–H and O–H groups in total. The van der Waals surface area contributed by atoms with Crippen LogP contribution in [0.3, 0.4) is 0 Å². The number of benzene rings is 1. The number of carbonyl (C=O) groups is 2. The fraction of sp³-hybridized carbons (Fsp3) is 0.529. The van der Waals surface area contributed by atoms with Crippen molar-refractivity contribution in [1.82, 2.24) is 15.1 Å². The van der Waals surface area contributed by atoms with E-state index in [-0.39, 0.29) is 24.9 Å². The fourth-order valence-corrected chi connectivity index (χ4v) is 1.89. The summed E-state index contributed by atoms with van der Waals surface area (Å²) in [6.45, 7) is 3.72. The molecule has 0 unspecified atom stereocenters. The molecule has 1 aromatic rings. The molecule has 134 valence electrons. The van der Waals surface area contributed by atoms with Gasteiger partial charge in [-0.05, 0) is 38.2 Å². The fourth-order valence-electron chi connectivity index (χ4n) is 1.89. The van der Waals surface area contributed by atoms with Crippen molar-refractivity contribution in [1.29, 1.82) is 0 Å². The highest BCUT2D eigenvalue weighted by atomic mass is 16.5. The lowest BCUT2D eigenvalue weighted by molar-refractivity contribution is -0.130. The molecule has 0 spiro atoms. The second-order valence-electron chi connectivity index (χ2n) is 5.56. The van der Waals surface area contributed by atoms with Crippen LogP contribution in [0.1, 0.15) is 6.92 Å². The van der Waals surface area contributed by atoms with Gasteiger partial charge in [-0.25, -0.2) is 0 Å². The lowest BCUT2D eigenvalue weighted by atomic mass is 10.3. The summed E-state index contributed by atoms with van der Waals surface area (Å²) in [5.41, 5.74) is 0. The van der Waals surface area contributed by atoms with Gasteiger partial charge >= 0.3 is 0 Å². The zero-order valence-electron chi connectivity index (χ0n) is 14.9. The Bertz CT molecular complexity index is 517. The van der Waals surface area contributed by atoms with Crippen molar-refractivity contribution < 1.29 is 19.1 Å². The summed E-state index contributed by atoms with van der Waals surface area (Å²) in [6.07, 6.45) is 0. The summed E-state index contributed by atoms with van der Waals surface area (Å²) in [6, 6.07) is 7.34. The topological polar surface area (TPSA) is 71.1 Å². The third kappa shape index (κ3) is 7.82. The summed E-state index contributed by atoms with van der Waals surface area (Å²) in [4.78, 5) is 26.5. The number of hydrogen-bond acceptors (Lipinski definition) is 5. The smallest absolute Gasteiger partial charge is 0.236 e. The molecule has 7 heteroatoms. The van der Waals surface area contributed by atoms with Crippen molar-refractivity contribution in [3.05, 3.63) is 24.3 Å². The van der Waals surface area contributed by atoms with Gasteiger partial charge in [0.25, 0.3) is 0 Å². The van der Waals surface area contributed by atoms with Crippen LogP contribution < -0.4 is 14.8 Å². The van der Waals surface area contributed by atoms with E-state index in [9.17, 15) is 9.59 Å². The molecule has 0 aliphatic carbocycles. The molecular weight excluding hydrogens is 310 g/mol. The van der Waals surface area contributed by atoms with Crippen molar-refractivity contribution >= 4 is 11.8 Å². The Kier molecular flexibility index (Phi) is 8.64. The molecule has 0 aromatic heterocycles. The first-order chi connectivity index (χ1) is 11.4. The van der Waals surface area contributed by atoms with Gasteiger partial charge < -0.3 is 19.7 Å². The van der Waals surface area contributed by atoms with E-state index in [4.69, 9.17) is 9.47 Å². The van der Waals surface area contributed by atoms with Crippen LogP contribution >= 0.6 is 0 Å². The van der Waals surface area contributed by atoms with Crippen molar-refractivity contribution in [2.45, 2.75) is 6.92 Å². The first-order valence-electron chi connectivity index (χ1n) is 7.93. The Balaban J connectivity index is 2.20. The minimum atomic E-state index is -0.139. The second-order valence-corrected chi connectivity index (χ2v) is 5.56. The Morgan fingerprint density at radius 1 is 1.00 bits per heavy atom. The van der Waals surface area contributed by atoms with Gasteiger partial charge in [0.05, 0.1) is 26.2 Å². The second kappa shape index (κ2) is 10.5. The largest absolute Gasteiger partial charge is 0.494 e. The van der Waals surface area contributed by atoms with E-state index < -0.39 is 0 Å². The number of carbonyl (C=O) groups excluding carboxylic acids is 2. The Labute approximate surface area is 143 Å². The van der Waals surface area contributed by atoms with Crippen molar-refractivity contribution in [2.24, 2.45) is 0 Å². The number of nitrogens with zero attached hydrogens (tertiary/aromatic N) is 2. The first-order valence-corrected chi connectivity index (χ1v) is 7.93. The quantitative estimate of drug-likeness (QED) is 0.633. The minimum Gasteiger partial charge on any atom is -0.494 e.